The third-order valence-electron chi connectivity index (χ3n) is 5.12. The van der Waals surface area contributed by atoms with Crippen molar-refractivity contribution in [1.82, 2.24) is 0 Å². The third-order valence-corrected chi connectivity index (χ3v) is 5.12. The fourth-order valence-electron chi connectivity index (χ4n) is 3.72. The van der Waals surface area contributed by atoms with E-state index in [9.17, 15) is 4.79 Å². The van der Waals surface area contributed by atoms with Gasteiger partial charge in [-0.1, -0.05) is 42.0 Å². The summed E-state index contributed by atoms with van der Waals surface area (Å²) in [5.74, 6) is 1.56. The van der Waals surface area contributed by atoms with Gasteiger partial charge in [0, 0.05) is 11.6 Å². The molecule has 0 spiro atoms. The smallest absolute Gasteiger partial charge is 0.228 e. The van der Waals surface area contributed by atoms with E-state index in [4.69, 9.17) is 0 Å². The van der Waals surface area contributed by atoms with Crippen LogP contribution in [0.2, 0.25) is 0 Å². The number of hydrogen-bond donors (Lipinski definition) is 1. The van der Waals surface area contributed by atoms with Gasteiger partial charge in [-0.15, -0.1) is 0 Å². The summed E-state index contributed by atoms with van der Waals surface area (Å²) in [5.41, 5.74) is 2.14. The van der Waals surface area contributed by atoms with Crippen LogP contribution in [-0.4, -0.2) is 5.91 Å². The van der Waals surface area contributed by atoms with Crippen LogP contribution in [0.3, 0.4) is 0 Å². The third kappa shape index (κ3) is 4.34. The number of benzene rings is 1. The number of carbonyl (C=O) groups is 1. The van der Waals surface area contributed by atoms with Crippen molar-refractivity contribution in [3.63, 3.8) is 0 Å². The fraction of sp³-hybridized carbons (Fsp3) is 0.476. The van der Waals surface area contributed by atoms with E-state index in [2.05, 4.69) is 36.5 Å². The molecule has 2 aliphatic rings. The molecule has 23 heavy (non-hydrogen) atoms. The van der Waals surface area contributed by atoms with Crippen LogP contribution in [0.1, 0.15) is 44.1 Å². The molecule has 1 fully saturated rings. The molecule has 122 valence electrons. The molecule has 0 heterocycles. The van der Waals surface area contributed by atoms with Gasteiger partial charge in [0.1, 0.15) is 0 Å². The van der Waals surface area contributed by atoms with Crippen molar-refractivity contribution in [2.45, 2.75) is 45.4 Å². The van der Waals surface area contributed by atoms with Crippen LogP contribution in [0.15, 0.2) is 48.6 Å². The molecule has 1 saturated carbocycles. The monoisotopic (exact) mass is 309 g/mol. The van der Waals surface area contributed by atoms with Gasteiger partial charge in [0.2, 0.25) is 5.91 Å². The minimum atomic E-state index is 0.207. The highest BCUT2D eigenvalue weighted by Gasteiger charge is 2.52. The minimum Gasteiger partial charge on any atom is -0.326 e. The second-order valence-electron chi connectivity index (χ2n) is 6.88. The van der Waals surface area contributed by atoms with Crippen LogP contribution >= 0.6 is 0 Å². The molecule has 3 unspecified atom stereocenters. The first-order chi connectivity index (χ1) is 11.3. The normalized spacial score (nSPS) is 30.2. The lowest BCUT2D eigenvalue weighted by Gasteiger charge is -2.05. The number of aryl methyl sites for hydroxylation is 1. The Morgan fingerprint density at radius 2 is 1.39 bits per heavy atom. The summed E-state index contributed by atoms with van der Waals surface area (Å²) < 4.78 is 0. The Morgan fingerprint density at radius 1 is 0.870 bits per heavy atom. The van der Waals surface area contributed by atoms with Crippen molar-refractivity contribution in [2.24, 2.45) is 17.8 Å². The second kappa shape index (κ2) is 7.63. The Kier molecular flexibility index (Phi) is 5.32. The van der Waals surface area contributed by atoms with Gasteiger partial charge in [0.05, 0.1) is 0 Å². The molecule has 2 aliphatic carbocycles. The summed E-state index contributed by atoms with van der Waals surface area (Å²) in [6.45, 7) is 2.06. The molecule has 1 aromatic carbocycles. The zero-order valence-electron chi connectivity index (χ0n) is 14.0. The van der Waals surface area contributed by atoms with Gasteiger partial charge in [-0.3, -0.25) is 4.79 Å². The molecule has 0 bridgehead atoms. The highest BCUT2D eigenvalue weighted by atomic mass is 16.2. The molecule has 0 aromatic heterocycles. The predicted molar refractivity (Wildman–Crippen MR) is 96.3 cm³/mol. The lowest BCUT2D eigenvalue weighted by atomic mass is 10.1. The van der Waals surface area contributed by atoms with Crippen molar-refractivity contribution in [3.05, 3.63) is 54.1 Å². The zero-order chi connectivity index (χ0) is 16.1. The summed E-state index contributed by atoms with van der Waals surface area (Å²) in [6.07, 6.45) is 15.9. The van der Waals surface area contributed by atoms with Crippen molar-refractivity contribution >= 4 is 11.6 Å². The number of rotatable bonds is 2. The molecule has 2 heteroatoms. The van der Waals surface area contributed by atoms with Gasteiger partial charge in [-0.05, 0) is 69.4 Å². The first-order valence-corrected chi connectivity index (χ1v) is 8.93. The van der Waals surface area contributed by atoms with Gasteiger partial charge in [-0.25, -0.2) is 0 Å². The van der Waals surface area contributed by atoms with Gasteiger partial charge < -0.3 is 5.32 Å². The number of carbonyl (C=O) groups excluding carboxylic acids is 1. The summed E-state index contributed by atoms with van der Waals surface area (Å²) in [6, 6.07) is 8.08. The zero-order valence-corrected chi connectivity index (χ0v) is 14.0. The minimum absolute atomic E-state index is 0.207. The number of amides is 1. The van der Waals surface area contributed by atoms with E-state index in [1.54, 1.807) is 0 Å². The van der Waals surface area contributed by atoms with E-state index in [0.29, 0.717) is 11.8 Å². The molecular weight excluding hydrogens is 282 g/mol. The summed E-state index contributed by atoms with van der Waals surface area (Å²) >= 11 is 0. The Hall–Kier alpha value is -1.83. The van der Waals surface area contributed by atoms with E-state index in [1.807, 2.05) is 24.3 Å². The molecule has 1 amide bonds. The lowest BCUT2D eigenvalue weighted by Crippen LogP contribution is -2.15. The van der Waals surface area contributed by atoms with Gasteiger partial charge in [0.15, 0.2) is 0 Å². The second-order valence-corrected chi connectivity index (χ2v) is 6.88. The largest absolute Gasteiger partial charge is 0.326 e. The standard InChI is InChI=1S/C21H27NO/c1-16-12-14-17(15-13-16)22-21(23)20-18-10-8-6-4-2-3-5-7-9-11-19(18)20/h4-7,12-15,18-20H,2-3,8-11H2,1H3,(H,22,23)/b6-4-,7-5+. The molecular formula is C21H27NO. The van der Waals surface area contributed by atoms with E-state index < -0.39 is 0 Å². The number of anilines is 1. The van der Waals surface area contributed by atoms with E-state index in [1.165, 1.54) is 5.56 Å². The van der Waals surface area contributed by atoms with Crippen molar-refractivity contribution in [3.8, 4) is 0 Å². The SMILES string of the molecule is Cc1ccc(NC(=O)C2C3CC/C=C\CC/C=C/CCC32)cc1. The van der Waals surface area contributed by atoms with Crippen LogP contribution in [0.4, 0.5) is 5.69 Å². The number of hydrogen-bond acceptors (Lipinski definition) is 1. The molecule has 2 nitrogen and oxygen atoms in total. The first kappa shape index (κ1) is 16.0. The van der Waals surface area contributed by atoms with Crippen LogP contribution in [0.25, 0.3) is 0 Å². The predicted octanol–water partition coefficient (Wildman–Crippen LogP) is 5.26. The Morgan fingerprint density at radius 3 is 1.96 bits per heavy atom. The molecule has 0 aliphatic heterocycles. The van der Waals surface area contributed by atoms with Crippen molar-refractivity contribution < 1.29 is 4.79 Å². The number of allylic oxidation sites excluding steroid dienone is 4. The molecule has 1 N–H and O–H groups in total. The van der Waals surface area contributed by atoms with E-state index >= 15 is 0 Å². The maximum absolute atomic E-state index is 12.6. The fourth-order valence-corrected chi connectivity index (χ4v) is 3.72. The van der Waals surface area contributed by atoms with Crippen molar-refractivity contribution in [2.75, 3.05) is 5.32 Å². The average Bonchev–Trinajstić information content (AvgIpc) is 3.22. The summed E-state index contributed by atoms with van der Waals surface area (Å²) in [7, 11) is 0. The molecule has 0 saturated heterocycles. The van der Waals surface area contributed by atoms with Gasteiger partial charge in [-0.2, -0.15) is 0 Å². The van der Waals surface area contributed by atoms with E-state index in [-0.39, 0.29) is 11.8 Å². The number of fused-ring (bicyclic) bond motifs is 1. The van der Waals surface area contributed by atoms with Crippen LogP contribution < -0.4 is 5.32 Å². The maximum atomic E-state index is 12.6. The van der Waals surface area contributed by atoms with Crippen molar-refractivity contribution in [1.29, 1.82) is 0 Å². The van der Waals surface area contributed by atoms with Gasteiger partial charge >= 0.3 is 0 Å². The Bertz CT molecular complexity index is 560. The highest BCUT2D eigenvalue weighted by molar-refractivity contribution is 5.94. The maximum Gasteiger partial charge on any atom is 0.228 e. The number of nitrogens with one attached hydrogen (secondary N) is 1. The molecule has 3 atom stereocenters. The molecule has 1 aromatic rings. The molecule has 3 rings (SSSR count). The summed E-state index contributed by atoms with van der Waals surface area (Å²) in [4.78, 5) is 12.6. The van der Waals surface area contributed by atoms with Gasteiger partial charge in [0.25, 0.3) is 0 Å². The Balaban J connectivity index is 1.60. The summed E-state index contributed by atoms with van der Waals surface area (Å²) in [5, 5.41) is 3.11. The van der Waals surface area contributed by atoms with Crippen LogP contribution in [-0.2, 0) is 4.79 Å². The van der Waals surface area contributed by atoms with Crippen LogP contribution in [0.5, 0.6) is 0 Å². The lowest BCUT2D eigenvalue weighted by molar-refractivity contribution is -0.117. The van der Waals surface area contributed by atoms with Crippen LogP contribution in [0, 0.1) is 24.7 Å². The molecule has 0 radical (unpaired) electrons. The average molecular weight is 309 g/mol. The topological polar surface area (TPSA) is 29.1 Å². The van der Waals surface area contributed by atoms with E-state index in [0.717, 1.165) is 44.2 Å². The first-order valence-electron chi connectivity index (χ1n) is 8.93. The Labute approximate surface area is 139 Å². The highest BCUT2D eigenvalue weighted by Crippen LogP contribution is 2.52. The quantitative estimate of drug-likeness (QED) is 0.742.